The maximum atomic E-state index is 6.33. The second-order valence-corrected chi connectivity index (χ2v) is 5.63. The second kappa shape index (κ2) is 3.57. The number of hydrogen-bond donors (Lipinski definition) is 2. The van der Waals surface area contributed by atoms with Crippen molar-refractivity contribution in [3.8, 4) is 0 Å². The Morgan fingerprint density at radius 2 is 2.06 bits per heavy atom. The van der Waals surface area contributed by atoms with E-state index in [1.165, 1.54) is 24.0 Å². The van der Waals surface area contributed by atoms with Crippen LogP contribution in [-0.2, 0) is 0 Å². The summed E-state index contributed by atoms with van der Waals surface area (Å²) in [7, 11) is 0. The summed E-state index contributed by atoms with van der Waals surface area (Å²) >= 11 is 0. The van der Waals surface area contributed by atoms with Gasteiger partial charge in [0.05, 0.1) is 0 Å². The molecule has 1 aliphatic heterocycles. The molecule has 3 rings (SSSR count). The van der Waals surface area contributed by atoms with Gasteiger partial charge in [0.2, 0.25) is 0 Å². The molecule has 1 aliphatic carbocycles. The van der Waals surface area contributed by atoms with Crippen molar-refractivity contribution in [3.05, 3.63) is 35.4 Å². The van der Waals surface area contributed by atoms with Gasteiger partial charge in [0.25, 0.3) is 0 Å². The van der Waals surface area contributed by atoms with Crippen molar-refractivity contribution in [3.63, 3.8) is 0 Å². The van der Waals surface area contributed by atoms with Crippen LogP contribution in [0.1, 0.15) is 42.7 Å². The van der Waals surface area contributed by atoms with Crippen LogP contribution in [0.2, 0.25) is 0 Å². The maximum absolute atomic E-state index is 6.33. The van der Waals surface area contributed by atoms with Gasteiger partial charge in [0.15, 0.2) is 0 Å². The van der Waals surface area contributed by atoms with Gasteiger partial charge in [-0.05, 0) is 36.8 Å². The lowest BCUT2D eigenvalue weighted by Gasteiger charge is -2.26. The van der Waals surface area contributed by atoms with Gasteiger partial charge in [-0.3, -0.25) is 0 Å². The van der Waals surface area contributed by atoms with E-state index >= 15 is 0 Å². The Hall–Kier alpha value is -0.860. The fourth-order valence-electron chi connectivity index (χ4n) is 2.79. The smallest absolute Gasteiger partial charge is 0.0333 e. The van der Waals surface area contributed by atoms with E-state index in [0.717, 1.165) is 19.0 Å². The van der Waals surface area contributed by atoms with Crippen LogP contribution in [-0.4, -0.2) is 18.6 Å². The lowest BCUT2D eigenvalue weighted by atomic mass is 9.83. The van der Waals surface area contributed by atoms with E-state index in [9.17, 15) is 0 Å². The van der Waals surface area contributed by atoms with Crippen molar-refractivity contribution in [2.45, 2.75) is 37.1 Å². The van der Waals surface area contributed by atoms with Crippen LogP contribution in [0.15, 0.2) is 24.3 Å². The molecule has 2 heteroatoms. The van der Waals surface area contributed by atoms with Gasteiger partial charge in [0.1, 0.15) is 0 Å². The molecule has 0 aromatic heterocycles. The fourth-order valence-corrected chi connectivity index (χ4v) is 2.79. The summed E-state index contributed by atoms with van der Waals surface area (Å²) in [5, 5.41) is 3.40. The van der Waals surface area contributed by atoms with Crippen LogP contribution < -0.4 is 11.1 Å². The third-order valence-corrected chi connectivity index (χ3v) is 4.01. The highest BCUT2D eigenvalue weighted by Gasteiger charge is 2.36. The van der Waals surface area contributed by atoms with Crippen molar-refractivity contribution < 1.29 is 0 Å². The van der Waals surface area contributed by atoms with Gasteiger partial charge < -0.3 is 11.1 Å². The zero-order valence-corrected chi connectivity index (χ0v) is 9.87. The molecule has 1 aromatic carbocycles. The molecule has 1 heterocycles. The summed E-state index contributed by atoms with van der Waals surface area (Å²) in [6.07, 6.45) is 2.73. The van der Waals surface area contributed by atoms with Crippen LogP contribution in [0.5, 0.6) is 0 Å². The summed E-state index contributed by atoms with van der Waals surface area (Å²) in [6.45, 7) is 4.09. The van der Waals surface area contributed by atoms with Crippen LogP contribution in [0.3, 0.4) is 0 Å². The molecule has 0 radical (unpaired) electrons. The Balaban J connectivity index is 1.90. The first-order chi connectivity index (χ1) is 7.67. The van der Waals surface area contributed by atoms with E-state index in [4.69, 9.17) is 5.73 Å². The van der Waals surface area contributed by atoms with Crippen LogP contribution >= 0.6 is 0 Å². The van der Waals surface area contributed by atoms with E-state index in [-0.39, 0.29) is 5.54 Å². The molecule has 1 aromatic rings. The largest absolute Gasteiger partial charge is 0.324 e. The van der Waals surface area contributed by atoms with Gasteiger partial charge in [-0.2, -0.15) is 0 Å². The molecule has 3 N–H and O–H groups in total. The summed E-state index contributed by atoms with van der Waals surface area (Å²) in [4.78, 5) is 0. The third kappa shape index (κ3) is 1.76. The van der Waals surface area contributed by atoms with Crippen LogP contribution in [0, 0.1) is 0 Å². The number of rotatable bonds is 2. The first-order valence-electron chi connectivity index (χ1n) is 6.26. The number of nitrogens with two attached hydrogens (primary N) is 1. The molecule has 2 nitrogen and oxygen atoms in total. The topological polar surface area (TPSA) is 38.0 Å². The minimum atomic E-state index is -0.0951. The Labute approximate surface area is 97.2 Å². The quantitative estimate of drug-likeness (QED) is 0.793. The zero-order valence-electron chi connectivity index (χ0n) is 9.87. The number of nitrogens with one attached hydrogen (secondary N) is 1. The SMILES string of the molecule is C[C@@]1(N)CNC[C@H]1c1cccc(C2CC2)c1. The first kappa shape index (κ1) is 10.3. The molecule has 16 heavy (non-hydrogen) atoms. The highest BCUT2D eigenvalue weighted by atomic mass is 15.0. The van der Waals surface area contributed by atoms with E-state index in [0.29, 0.717) is 5.92 Å². The molecule has 0 unspecified atom stereocenters. The number of benzene rings is 1. The van der Waals surface area contributed by atoms with Gasteiger partial charge in [-0.15, -0.1) is 0 Å². The van der Waals surface area contributed by atoms with Crippen molar-refractivity contribution in [2.24, 2.45) is 5.73 Å². The van der Waals surface area contributed by atoms with Crippen LogP contribution in [0.25, 0.3) is 0 Å². The summed E-state index contributed by atoms with van der Waals surface area (Å²) in [5.41, 5.74) is 9.17. The molecule has 0 bridgehead atoms. The Kier molecular flexibility index (Phi) is 2.30. The highest BCUT2D eigenvalue weighted by Crippen LogP contribution is 2.41. The van der Waals surface area contributed by atoms with Crippen molar-refractivity contribution in [2.75, 3.05) is 13.1 Å². The fraction of sp³-hybridized carbons (Fsp3) is 0.571. The molecule has 86 valence electrons. The first-order valence-corrected chi connectivity index (χ1v) is 6.26. The lowest BCUT2D eigenvalue weighted by Crippen LogP contribution is -2.42. The second-order valence-electron chi connectivity index (χ2n) is 5.63. The van der Waals surface area contributed by atoms with E-state index < -0.39 is 0 Å². The predicted molar refractivity (Wildman–Crippen MR) is 66.6 cm³/mol. The van der Waals surface area contributed by atoms with Crippen molar-refractivity contribution in [1.82, 2.24) is 5.32 Å². The summed E-state index contributed by atoms with van der Waals surface area (Å²) in [6, 6.07) is 9.06. The minimum Gasteiger partial charge on any atom is -0.324 e. The average Bonchev–Trinajstić information content (AvgIpc) is 3.03. The molecule has 1 saturated heterocycles. The van der Waals surface area contributed by atoms with Gasteiger partial charge in [-0.1, -0.05) is 24.3 Å². The maximum Gasteiger partial charge on any atom is 0.0333 e. The molecule has 1 saturated carbocycles. The van der Waals surface area contributed by atoms with Gasteiger partial charge in [-0.25, -0.2) is 0 Å². The minimum absolute atomic E-state index is 0.0951. The molecule has 2 fully saturated rings. The van der Waals surface area contributed by atoms with E-state index in [2.05, 4.69) is 36.5 Å². The Morgan fingerprint density at radius 3 is 2.69 bits per heavy atom. The van der Waals surface area contributed by atoms with Gasteiger partial charge in [0, 0.05) is 24.5 Å². The molecule has 2 atom stereocenters. The Morgan fingerprint density at radius 1 is 1.31 bits per heavy atom. The lowest BCUT2D eigenvalue weighted by molar-refractivity contribution is 0.462. The molecule has 0 spiro atoms. The normalized spacial score (nSPS) is 34.2. The van der Waals surface area contributed by atoms with Crippen molar-refractivity contribution >= 4 is 0 Å². The molecular weight excluding hydrogens is 196 g/mol. The average molecular weight is 216 g/mol. The molecule has 0 amide bonds. The van der Waals surface area contributed by atoms with E-state index in [1.807, 2.05) is 0 Å². The third-order valence-electron chi connectivity index (χ3n) is 4.01. The molecule has 2 aliphatic rings. The Bertz CT molecular complexity index is 393. The molecular formula is C14H20N2. The summed E-state index contributed by atoms with van der Waals surface area (Å²) < 4.78 is 0. The number of hydrogen-bond acceptors (Lipinski definition) is 2. The zero-order chi connectivity index (χ0) is 11.2. The van der Waals surface area contributed by atoms with Crippen LogP contribution in [0.4, 0.5) is 0 Å². The van der Waals surface area contributed by atoms with Gasteiger partial charge >= 0.3 is 0 Å². The summed E-state index contributed by atoms with van der Waals surface area (Å²) in [5.74, 6) is 1.30. The van der Waals surface area contributed by atoms with E-state index in [1.54, 1.807) is 0 Å². The van der Waals surface area contributed by atoms with Crippen molar-refractivity contribution in [1.29, 1.82) is 0 Å². The monoisotopic (exact) mass is 216 g/mol. The standard InChI is InChI=1S/C14H20N2/c1-14(15)9-16-8-13(14)12-4-2-3-11(7-12)10-5-6-10/h2-4,7,10,13,16H,5-6,8-9,15H2,1H3/t13-,14+/m0/s1. The predicted octanol–water partition coefficient (Wildman–Crippen LogP) is 1.97. The highest BCUT2D eigenvalue weighted by molar-refractivity contribution is 5.34.